The molecular formula is C14H21ClN4O. The van der Waals surface area contributed by atoms with Gasteiger partial charge in [0.2, 0.25) is 0 Å². The molecule has 0 spiro atoms. The number of piperazine rings is 1. The smallest absolute Gasteiger partial charge is 0.270 e. The number of pyridine rings is 1. The second kappa shape index (κ2) is 6.90. The number of carbonyl (C=O) groups is 1. The van der Waals surface area contributed by atoms with E-state index >= 15 is 0 Å². The molecule has 0 radical (unpaired) electrons. The van der Waals surface area contributed by atoms with Crippen LogP contribution in [0.25, 0.3) is 0 Å². The van der Waals surface area contributed by atoms with Gasteiger partial charge < -0.3 is 15.5 Å². The summed E-state index contributed by atoms with van der Waals surface area (Å²) >= 11 is 0. The van der Waals surface area contributed by atoms with E-state index in [2.05, 4.69) is 20.5 Å². The van der Waals surface area contributed by atoms with Gasteiger partial charge in [-0.05, 0) is 31.4 Å². The lowest BCUT2D eigenvalue weighted by molar-refractivity contribution is 0.0912. The van der Waals surface area contributed by atoms with Gasteiger partial charge in [-0.15, -0.1) is 12.4 Å². The largest absolute Gasteiger partial charge is 0.368 e. The second-order valence-electron chi connectivity index (χ2n) is 5.24. The van der Waals surface area contributed by atoms with E-state index < -0.39 is 0 Å². The fraction of sp³-hybridized carbons (Fsp3) is 0.571. The van der Waals surface area contributed by atoms with Crippen LogP contribution in [-0.2, 0) is 0 Å². The predicted octanol–water partition coefficient (Wildman–Crippen LogP) is 1.20. The van der Waals surface area contributed by atoms with Gasteiger partial charge in [0.1, 0.15) is 5.69 Å². The first-order valence-electron chi connectivity index (χ1n) is 7.05. The molecule has 1 aromatic rings. The van der Waals surface area contributed by atoms with Gasteiger partial charge in [0.15, 0.2) is 0 Å². The van der Waals surface area contributed by atoms with E-state index in [9.17, 15) is 4.79 Å². The minimum atomic E-state index is -0.0449. The molecule has 2 heterocycles. The zero-order valence-corrected chi connectivity index (χ0v) is 12.3. The third-order valence-electron chi connectivity index (χ3n) is 3.90. The molecule has 2 aliphatic rings. The number of anilines is 1. The van der Waals surface area contributed by atoms with Crippen LogP contribution in [0.15, 0.2) is 18.3 Å². The molecule has 1 saturated heterocycles. The van der Waals surface area contributed by atoms with Gasteiger partial charge in [0.25, 0.3) is 5.91 Å². The first kappa shape index (κ1) is 15.1. The van der Waals surface area contributed by atoms with Crippen LogP contribution in [0.5, 0.6) is 0 Å². The van der Waals surface area contributed by atoms with Crippen molar-refractivity contribution in [1.29, 1.82) is 0 Å². The molecule has 20 heavy (non-hydrogen) atoms. The van der Waals surface area contributed by atoms with Gasteiger partial charge in [-0.1, -0.05) is 0 Å². The van der Waals surface area contributed by atoms with Crippen molar-refractivity contribution < 1.29 is 4.79 Å². The second-order valence-corrected chi connectivity index (χ2v) is 5.24. The van der Waals surface area contributed by atoms with Gasteiger partial charge >= 0.3 is 0 Å². The number of carbonyl (C=O) groups excluding carboxylic acids is 1. The first-order valence-corrected chi connectivity index (χ1v) is 7.05. The summed E-state index contributed by atoms with van der Waals surface area (Å²) in [5.41, 5.74) is 1.62. The lowest BCUT2D eigenvalue weighted by atomic mass is 9.93. The Balaban J connectivity index is 0.00000147. The monoisotopic (exact) mass is 296 g/mol. The van der Waals surface area contributed by atoms with Crippen LogP contribution in [-0.4, -0.2) is 43.1 Å². The molecule has 0 atom stereocenters. The van der Waals surface area contributed by atoms with Crippen LogP contribution in [0, 0.1) is 0 Å². The van der Waals surface area contributed by atoms with Crippen LogP contribution in [0.2, 0.25) is 0 Å². The Hall–Kier alpha value is -1.33. The van der Waals surface area contributed by atoms with Crippen molar-refractivity contribution >= 4 is 24.0 Å². The van der Waals surface area contributed by atoms with Crippen molar-refractivity contribution in [2.45, 2.75) is 25.3 Å². The third-order valence-corrected chi connectivity index (χ3v) is 3.90. The topological polar surface area (TPSA) is 57.3 Å². The molecule has 3 rings (SSSR count). The number of rotatable bonds is 3. The Labute approximate surface area is 125 Å². The summed E-state index contributed by atoms with van der Waals surface area (Å²) in [5.74, 6) is -0.0449. The molecule has 1 saturated carbocycles. The average molecular weight is 297 g/mol. The van der Waals surface area contributed by atoms with Crippen molar-refractivity contribution in [3.8, 4) is 0 Å². The molecule has 0 bridgehead atoms. The van der Waals surface area contributed by atoms with Gasteiger partial charge in [-0.25, -0.2) is 4.98 Å². The SMILES string of the molecule is Cl.O=C(NC1CCC1)c1ccc(N2CCNCC2)cn1. The molecule has 0 aromatic carbocycles. The zero-order valence-electron chi connectivity index (χ0n) is 11.5. The van der Waals surface area contributed by atoms with Gasteiger partial charge in [-0.3, -0.25) is 4.79 Å². The minimum Gasteiger partial charge on any atom is -0.368 e. The van der Waals surface area contributed by atoms with Crippen LogP contribution in [0.1, 0.15) is 29.8 Å². The molecule has 2 N–H and O–H groups in total. The molecule has 1 amide bonds. The van der Waals surface area contributed by atoms with Crippen LogP contribution in [0.3, 0.4) is 0 Å². The van der Waals surface area contributed by atoms with E-state index in [1.54, 1.807) is 6.20 Å². The van der Waals surface area contributed by atoms with Gasteiger partial charge in [0.05, 0.1) is 11.9 Å². The van der Waals surface area contributed by atoms with Crippen molar-refractivity contribution in [1.82, 2.24) is 15.6 Å². The number of aromatic nitrogens is 1. The number of nitrogens with one attached hydrogen (secondary N) is 2. The molecular weight excluding hydrogens is 276 g/mol. The number of amides is 1. The maximum absolute atomic E-state index is 11.9. The van der Waals surface area contributed by atoms with Gasteiger partial charge in [-0.2, -0.15) is 0 Å². The first-order chi connectivity index (χ1) is 9.33. The van der Waals surface area contributed by atoms with Gasteiger partial charge in [0, 0.05) is 32.2 Å². The van der Waals surface area contributed by atoms with E-state index in [1.165, 1.54) is 6.42 Å². The fourth-order valence-electron chi connectivity index (χ4n) is 2.44. The summed E-state index contributed by atoms with van der Waals surface area (Å²) in [6.45, 7) is 4.00. The molecule has 1 aromatic heterocycles. The standard InChI is InChI=1S/C14H20N4O.ClH/c19-14(17-11-2-1-3-11)13-5-4-12(10-16-13)18-8-6-15-7-9-18;/h4-5,10-11,15H,1-3,6-9H2,(H,17,19);1H. The predicted molar refractivity (Wildman–Crippen MR) is 81.7 cm³/mol. The highest BCUT2D eigenvalue weighted by Gasteiger charge is 2.20. The molecule has 0 unspecified atom stereocenters. The Morgan fingerprint density at radius 3 is 2.60 bits per heavy atom. The highest BCUT2D eigenvalue weighted by Crippen LogP contribution is 2.19. The highest BCUT2D eigenvalue weighted by molar-refractivity contribution is 5.92. The number of nitrogens with zero attached hydrogens (tertiary/aromatic N) is 2. The summed E-state index contributed by atoms with van der Waals surface area (Å²) in [4.78, 5) is 18.5. The van der Waals surface area contributed by atoms with E-state index in [-0.39, 0.29) is 18.3 Å². The number of hydrogen-bond donors (Lipinski definition) is 2. The summed E-state index contributed by atoms with van der Waals surface area (Å²) < 4.78 is 0. The summed E-state index contributed by atoms with van der Waals surface area (Å²) in [5, 5.41) is 6.33. The minimum absolute atomic E-state index is 0. The Bertz CT molecular complexity index is 441. The summed E-state index contributed by atoms with van der Waals surface area (Å²) in [7, 11) is 0. The Morgan fingerprint density at radius 1 is 1.30 bits per heavy atom. The van der Waals surface area contributed by atoms with E-state index in [0.29, 0.717) is 11.7 Å². The molecule has 1 aliphatic carbocycles. The summed E-state index contributed by atoms with van der Waals surface area (Å²) in [6, 6.07) is 4.18. The lowest BCUT2D eigenvalue weighted by Gasteiger charge is -2.29. The summed E-state index contributed by atoms with van der Waals surface area (Å²) in [6.07, 6.45) is 5.23. The Morgan fingerprint density at radius 2 is 2.05 bits per heavy atom. The van der Waals surface area contributed by atoms with Crippen molar-refractivity contribution in [3.63, 3.8) is 0 Å². The highest BCUT2D eigenvalue weighted by atomic mass is 35.5. The van der Waals surface area contributed by atoms with Crippen LogP contribution >= 0.6 is 12.4 Å². The van der Waals surface area contributed by atoms with E-state index in [4.69, 9.17) is 0 Å². The quantitative estimate of drug-likeness (QED) is 0.880. The zero-order chi connectivity index (χ0) is 13.1. The molecule has 2 fully saturated rings. The van der Waals surface area contributed by atoms with E-state index in [0.717, 1.165) is 44.7 Å². The maximum atomic E-state index is 11.9. The van der Waals surface area contributed by atoms with Crippen LogP contribution in [0.4, 0.5) is 5.69 Å². The van der Waals surface area contributed by atoms with E-state index in [1.807, 2.05) is 12.1 Å². The van der Waals surface area contributed by atoms with Crippen LogP contribution < -0.4 is 15.5 Å². The number of hydrogen-bond acceptors (Lipinski definition) is 4. The number of halogens is 1. The third kappa shape index (κ3) is 3.41. The Kier molecular flexibility index (Phi) is 5.20. The van der Waals surface area contributed by atoms with Crippen molar-refractivity contribution in [2.24, 2.45) is 0 Å². The normalized spacial score (nSPS) is 18.9. The molecule has 5 nitrogen and oxygen atoms in total. The van der Waals surface area contributed by atoms with Crippen molar-refractivity contribution in [3.05, 3.63) is 24.0 Å². The van der Waals surface area contributed by atoms with Crippen molar-refractivity contribution in [2.75, 3.05) is 31.1 Å². The average Bonchev–Trinajstić information content (AvgIpc) is 2.44. The molecule has 110 valence electrons. The fourth-order valence-corrected chi connectivity index (χ4v) is 2.44. The maximum Gasteiger partial charge on any atom is 0.270 e. The molecule has 6 heteroatoms. The molecule has 1 aliphatic heterocycles. The lowest BCUT2D eigenvalue weighted by Crippen LogP contribution is -2.43.